The van der Waals surface area contributed by atoms with Crippen LogP contribution in [0, 0.1) is 17.6 Å². The molecule has 1 N–H and O–H groups in total. The fourth-order valence-electron chi connectivity index (χ4n) is 4.95. The molecule has 8 heteroatoms. The fourth-order valence-corrected chi connectivity index (χ4v) is 5.77. The number of nitrogens with one attached hydrogen (secondary N) is 1. The van der Waals surface area contributed by atoms with Gasteiger partial charge in [-0.25, -0.2) is 21.9 Å². The Bertz CT molecular complexity index is 1100. The Hall–Kier alpha value is -2.32. The molecule has 0 bridgehead atoms. The molecule has 0 spiro atoms. The van der Waals surface area contributed by atoms with Gasteiger partial charge in [-0.3, -0.25) is 4.79 Å². The van der Waals surface area contributed by atoms with E-state index < -0.39 is 21.7 Å². The van der Waals surface area contributed by atoms with E-state index in [1.54, 1.807) is 12.1 Å². The van der Waals surface area contributed by atoms with Crippen LogP contribution in [0.15, 0.2) is 42.5 Å². The molecule has 2 aromatic rings. The van der Waals surface area contributed by atoms with E-state index in [0.29, 0.717) is 31.4 Å². The van der Waals surface area contributed by atoms with Gasteiger partial charge in [-0.15, -0.1) is 0 Å². The van der Waals surface area contributed by atoms with Gasteiger partial charge in [0, 0.05) is 24.5 Å². The summed E-state index contributed by atoms with van der Waals surface area (Å²) in [7, 11) is -3.30. The van der Waals surface area contributed by atoms with Crippen molar-refractivity contribution in [1.82, 2.24) is 9.62 Å². The molecular weight excluding hydrogens is 434 g/mol. The summed E-state index contributed by atoms with van der Waals surface area (Å²) in [6.45, 7) is 2.52. The van der Waals surface area contributed by atoms with Crippen molar-refractivity contribution in [2.75, 3.05) is 12.8 Å². The van der Waals surface area contributed by atoms with Crippen molar-refractivity contribution in [3.63, 3.8) is 0 Å². The zero-order valence-corrected chi connectivity index (χ0v) is 19.0. The van der Waals surface area contributed by atoms with E-state index in [0.717, 1.165) is 18.2 Å². The van der Waals surface area contributed by atoms with Crippen molar-refractivity contribution in [2.24, 2.45) is 5.92 Å². The summed E-state index contributed by atoms with van der Waals surface area (Å²) >= 11 is 0. The second-order valence-corrected chi connectivity index (χ2v) is 10.8. The van der Waals surface area contributed by atoms with Crippen LogP contribution in [0.25, 0.3) is 11.1 Å². The molecule has 32 heavy (non-hydrogen) atoms. The van der Waals surface area contributed by atoms with E-state index in [1.807, 2.05) is 24.0 Å². The maximum atomic E-state index is 14.4. The molecule has 2 aromatic carbocycles. The predicted molar refractivity (Wildman–Crippen MR) is 119 cm³/mol. The first-order chi connectivity index (χ1) is 15.2. The Morgan fingerprint density at radius 2 is 1.75 bits per heavy atom. The highest BCUT2D eigenvalue weighted by molar-refractivity contribution is 7.88. The summed E-state index contributed by atoms with van der Waals surface area (Å²) < 4.78 is 54.7. The topological polar surface area (TPSA) is 66.5 Å². The summed E-state index contributed by atoms with van der Waals surface area (Å²) in [4.78, 5) is 15.2. The van der Waals surface area contributed by atoms with Gasteiger partial charge in [-0.2, -0.15) is 0 Å². The Balaban J connectivity index is 1.52. The third kappa shape index (κ3) is 4.86. The molecule has 2 aliphatic rings. The van der Waals surface area contributed by atoms with Crippen molar-refractivity contribution >= 4 is 15.9 Å². The van der Waals surface area contributed by atoms with Crippen LogP contribution in [0.4, 0.5) is 8.78 Å². The fraction of sp³-hybridized carbons (Fsp3) is 0.458. The summed E-state index contributed by atoms with van der Waals surface area (Å²) in [5, 5.41) is 0. The highest BCUT2D eigenvalue weighted by Crippen LogP contribution is 2.52. The smallest absolute Gasteiger partial charge is 0.226 e. The van der Waals surface area contributed by atoms with Gasteiger partial charge >= 0.3 is 0 Å². The van der Waals surface area contributed by atoms with Crippen LogP contribution >= 0.6 is 0 Å². The number of benzene rings is 2. The van der Waals surface area contributed by atoms with Crippen LogP contribution in [0.1, 0.15) is 44.1 Å². The number of carbonyl (C=O) groups excluding carboxylic acids is 1. The second kappa shape index (κ2) is 8.90. The van der Waals surface area contributed by atoms with Gasteiger partial charge in [0.15, 0.2) is 0 Å². The lowest BCUT2D eigenvalue weighted by atomic mass is 9.95. The van der Waals surface area contributed by atoms with Gasteiger partial charge in [0.05, 0.1) is 11.8 Å². The van der Waals surface area contributed by atoms with Crippen LogP contribution in [-0.2, 0) is 14.8 Å². The minimum Gasteiger partial charge on any atom is -0.340 e. The number of likely N-dealkylation sites (tertiary alicyclic amines) is 1. The minimum atomic E-state index is -3.30. The van der Waals surface area contributed by atoms with Gasteiger partial charge in [-0.1, -0.05) is 30.3 Å². The minimum absolute atomic E-state index is 0.0336. The first-order valence-electron chi connectivity index (χ1n) is 11.0. The van der Waals surface area contributed by atoms with Crippen molar-refractivity contribution in [1.29, 1.82) is 0 Å². The number of hydrogen-bond acceptors (Lipinski definition) is 3. The van der Waals surface area contributed by atoms with Crippen LogP contribution < -0.4 is 4.72 Å². The first-order valence-corrected chi connectivity index (χ1v) is 12.9. The highest BCUT2D eigenvalue weighted by Gasteiger charge is 2.47. The van der Waals surface area contributed by atoms with Crippen molar-refractivity contribution in [3.8, 4) is 11.1 Å². The molecule has 1 amide bonds. The molecule has 4 atom stereocenters. The molecule has 172 valence electrons. The predicted octanol–water partition coefficient (Wildman–Crippen LogP) is 4.05. The lowest BCUT2D eigenvalue weighted by molar-refractivity contribution is -0.134. The van der Waals surface area contributed by atoms with Crippen LogP contribution in [-0.4, -0.2) is 44.1 Å². The summed E-state index contributed by atoms with van der Waals surface area (Å²) in [5.41, 5.74) is 1.22. The molecule has 0 radical (unpaired) electrons. The third-order valence-electron chi connectivity index (χ3n) is 6.47. The number of sulfonamides is 1. The molecule has 5 nitrogen and oxygen atoms in total. The van der Waals surface area contributed by atoms with E-state index in [9.17, 15) is 22.0 Å². The largest absolute Gasteiger partial charge is 0.340 e. The summed E-state index contributed by atoms with van der Waals surface area (Å²) in [6.07, 6.45) is 3.76. The average molecular weight is 463 g/mol. The summed E-state index contributed by atoms with van der Waals surface area (Å²) in [5.74, 6) is -1.52. The van der Waals surface area contributed by atoms with Crippen molar-refractivity contribution < 1.29 is 22.0 Å². The van der Waals surface area contributed by atoms with E-state index in [1.165, 1.54) is 18.2 Å². The Morgan fingerprint density at radius 1 is 1.06 bits per heavy atom. The molecule has 1 heterocycles. The zero-order valence-electron chi connectivity index (χ0n) is 18.2. The normalized spacial score (nSPS) is 25.9. The zero-order chi connectivity index (χ0) is 23.0. The standard InChI is InChI=1S/C24H28F2N2O3S/c1-15-13-16(27-32(2,30)31)7-6-12-28(15)24(29)20-14-19(20)17-8-3-4-9-18(17)23-21(25)10-5-11-22(23)26/h3-5,8-11,15-16,19-20,27H,6-7,12-14H2,1-2H3/t15-,16-,19+,20-/m1/s1. The second-order valence-electron chi connectivity index (χ2n) is 8.98. The maximum Gasteiger partial charge on any atom is 0.226 e. The first kappa shape index (κ1) is 22.9. The third-order valence-corrected chi connectivity index (χ3v) is 7.23. The Kier molecular flexibility index (Phi) is 6.36. The average Bonchev–Trinajstić information content (AvgIpc) is 3.51. The highest BCUT2D eigenvalue weighted by atomic mass is 32.2. The molecule has 1 saturated heterocycles. The molecule has 4 rings (SSSR count). The lowest BCUT2D eigenvalue weighted by Gasteiger charge is -2.28. The summed E-state index contributed by atoms with van der Waals surface area (Å²) in [6, 6.07) is 10.7. The van der Waals surface area contributed by atoms with Gasteiger partial charge in [0.2, 0.25) is 15.9 Å². The SMILES string of the molecule is C[C@@H]1C[C@H](NS(C)(=O)=O)CCCN1C(=O)[C@@H]1C[C@H]1c1ccccc1-c1c(F)cccc1F. The number of amides is 1. The number of halogens is 2. The van der Waals surface area contributed by atoms with E-state index in [-0.39, 0.29) is 35.4 Å². The number of hydrogen-bond donors (Lipinski definition) is 1. The van der Waals surface area contributed by atoms with Crippen molar-refractivity contribution in [2.45, 2.75) is 50.6 Å². The van der Waals surface area contributed by atoms with Crippen LogP contribution in [0.2, 0.25) is 0 Å². The van der Waals surface area contributed by atoms with Crippen LogP contribution in [0.5, 0.6) is 0 Å². The number of carbonyl (C=O) groups is 1. The molecule has 0 unspecified atom stereocenters. The van der Waals surface area contributed by atoms with Gasteiger partial charge in [-0.05, 0) is 61.8 Å². The molecule has 0 aromatic heterocycles. The van der Waals surface area contributed by atoms with Gasteiger partial charge < -0.3 is 4.90 Å². The Labute approximate surface area is 187 Å². The molecular formula is C24H28F2N2O3S. The maximum absolute atomic E-state index is 14.4. The quantitative estimate of drug-likeness (QED) is 0.729. The molecule has 1 saturated carbocycles. The lowest BCUT2D eigenvalue weighted by Crippen LogP contribution is -2.42. The Morgan fingerprint density at radius 3 is 2.44 bits per heavy atom. The van der Waals surface area contributed by atoms with Crippen LogP contribution in [0.3, 0.4) is 0 Å². The van der Waals surface area contributed by atoms with Gasteiger partial charge in [0.25, 0.3) is 0 Å². The van der Waals surface area contributed by atoms with E-state index in [2.05, 4.69) is 4.72 Å². The number of rotatable bonds is 5. The molecule has 1 aliphatic heterocycles. The molecule has 1 aliphatic carbocycles. The monoisotopic (exact) mass is 462 g/mol. The van der Waals surface area contributed by atoms with Gasteiger partial charge in [0.1, 0.15) is 11.6 Å². The van der Waals surface area contributed by atoms with E-state index >= 15 is 0 Å². The molecule has 2 fully saturated rings. The van der Waals surface area contributed by atoms with E-state index in [4.69, 9.17) is 0 Å². The van der Waals surface area contributed by atoms with Crippen molar-refractivity contribution in [3.05, 3.63) is 59.7 Å². The number of nitrogens with zero attached hydrogens (tertiary/aromatic N) is 1.